The zero-order chi connectivity index (χ0) is 13.6. The van der Waals surface area contributed by atoms with Gasteiger partial charge < -0.3 is 5.32 Å². The van der Waals surface area contributed by atoms with Gasteiger partial charge in [-0.3, -0.25) is 4.79 Å². The van der Waals surface area contributed by atoms with Crippen LogP contribution >= 0.6 is 11.8 Å². The molecule has 1 heterocycles. The molecule has 0 unspecified atom stereocenters. The molecule has 6 heteroatoms. The molecule has 2 nitrogen and oxygen atoms in total. The van der Waals surface area contributed by atoms with E-state index in [4.69, 9.17) is 0 Å². The molecule has 18 heavy (non-hydrogen) atoms. The molecule has 0 saturated heterocycles. The Kier molecular flexibility index (Phi) is 3.09. The van der Waals surface area contributed by atoms with Gasteiger partial charge in [-0.05, 0) is 18.2 Å². The van der Waals surface area contributed by atoms with Crippen molar-refractivity contribution in [3.8, 4) is 0 Å². The van der Waals surface area contributed by atoms with Crippen molar-refractivity contribution in [2.45, 2.75) is 24.9 Å². The average molecular weight is 275 g/mol. The first-order valence-electron chi connectivity index (χ1n) is 5.36. The third kappa shape index (κ3) is 2.48. The molecular weight excluding hydrogens is 263 g/mol. The van der Waals surface area contributed by atoms with Crippen molar-refractivity contribution in [1.29, 1.82) is 0 Å². The van der Waals surface area contributed by atoms with E-state index >= 15 is 0 Å². The second-order valence-electron chi connectivity index (χ2n) is 4.84. The fourth-order valence-corrected chi connectivity index (χ4v) is 2.67. The van der Waals surface area contributed by atoms with Crippen LogP contribution in [0.5, 0.6) is 0 Å². The Morgan fingerprint density at radius 2 is 2.00 bits per heavy atom. The summed E-state index contributed by atoms with van der Waals surface area (Å²) in [6.45, 7) is 3.54. The van der Waals surface area contributed by atoms with Crippen LogP contribution in [0, 0.1) is 5.41 Å². The fourth-order valence-electron chi connectivity index (χ4n) is 1.54. The van der Waals surface area contributed by atoms with Crippen LogP contribution < -0.4 is 5.32 Å². The summed E-state index contributed by atoms with van der Waals surface area (Å²) in [4.78, 5) is 12.3. The molecule has 0 atom stereocenters. The van der Waals surface area contributed by atoms with Crippen LogP contribution in [0.4, 0.5) is 18.9 Å². The molecule has 1 aromatic rings. The normalized spacial score (nSPS) is 18.8. The molecule has 1 aliphatic heterocycles. The van der Waals surface area contributed by atoms with E-state index in [2.05, 4.69) is 5.32 Å². The van der Waals surface area contributed by atoms with E-state index in [1.165, 1.54) is 17.8 Å². The largest absolute Gasteiger partial charge is 0.416 e. The predicted molar refractivity (Wildman–Crippen MR) is 64.6 cm³/mol. The number of hydrogen-bond acceptors (Lipinski definition) is 2. The number of halogens is 3. The second-order valence-corrected chi connectivity index (χ2v) is 5.85. The van der Waals surface area contributed by atoms with Crippen molar-refractivity contribution in [2.24, 2.45) is 5.41 Å². The lowest BCUT2D eigenvalue weighted by Gasteiger charge is -2.18. The number of fused-ring (bicyclic) bond motifs is 1. The summed E-state index contributed by atoms with van der Waals surface area (Å²) < 4.78 is 37.8. The van der Waals surface area contributed by atoms with Crippen LogP contribution in [-0.2, 0) is 11.0 Å². The Balaban J connectivity index is 2.40. The van der Waals surface area contributed by atoms with Crippen LogP contribution in [-0.4, -0.2) is 11.7 Å². The van der Waals surface area contributed by atoms with Crippen molar-refractivity contribution in [3.05, 3.63) is 23.8 Å². The highest BCUT2D eigenvalue weighted by Gasteiger charge is 2.34. The number of carbonyl (C=O) groups is 1. The van der Waals surface area contributed by atoms with Gasteiger partial charge in [0.1, 0.15) is 0 Å². The summed E-state index contributed by atoms with van der Waals surface area (Å²) in [6, 6.07) is 3.38. The smallest absolute Gasteiger partial charge is 0.325 e. The highest BCUT2D eigenvalue weighted by Crippen LogP contribution is 2.40. The third-order valence-corrected chi connectivity index (χ3v) is 4.28. The van der Waals surface area contributed by atoms with Crippen molar-refractivity contribution in [3.63, 3.8) is 0 Å². The first kappa shape index (κ1) is 13.3. The van der Waals surface area contributed by atoms with Crippen LogP contribution in [0.1, 0.15) is 19.4 Å². The number of nitrogens with one attached hydrogen (secondary N) is 1. The highest BCUT2D eigenvalue weighted by molar-refractivity contribution is 7.99. The standard InChI is InChI=1S/C12H12F3NOS/c1-11(2)6-18-9-5-7(12(13,14)15)3-4-8(9)16-10(11)17/h3-5H,6H2,1-2H3,(H,16,17). The number of anilines is 1. The monoisotopic (exact) mass is 275 g/mol. The highest BCUT2D eigenvalue weighted by atomic mass is 32.2. The number of benzene rings is 1. The van der Waals surface area contributed by atoms with Gasteiger partial charge in [0.2, 0.25) is 5.91 Å². The van der Waals surface area contributed by atoms with E-state index in [1.807, 2.05) is 0 Å². The summed E-state index contributed by atoms with van der Waals surface area (Å²) in [7, 11) is 0. The molecule has 0 fully saturated rings. The van der Waals surface area contributed by atoms with Gasteiger partial charge in [-0.2, -0.15) is 13.2 Å². The second kappa shape index (κ2) is 4.19. The maximum Gasteiger partial charge on any atom is 0.416 e. The molecule has 0 bridgehead atoms. The van der Waals surface area contributed by atoms with Crippen molar-refractivity contribution >= 4 is 23.4 Å². The Labute approximate surface area is 107 Å². The molecule has 1 amide bonds. The fraction of sp³-hybridized carbons (Fsp3) is 0.417. The molecule has 0 aromatic heterocycles. The molecule has 2 rings (SSSR count). The number of alkyl halides is 3. The molecular formula is C12H12F3NOS. The lowest BCUT2D eigenvalue weighted by Crippen LogP contribution is -2.31. The summed E-state index contributed by atoms with van der Waals surface area (Å²) in [5.41, 5.74) is -0.839. The zero-order valence-corrected chi connectivity index (χ0v) is 10.7. The minimum Gasteiger partial charge on any atom is -0.325 e. The van der Waals surface area contributed by atoms with Gasteiger partial charge in [0.15, 0.2) is 0 Å². The summed E-state index contributed by atoms with van der Waals surface area (Å²) in [6.07, 6.45) is -4.36. The molecule has 0 saturated carbocycles. The van der Waals surface area contributed by atoms with Crippen LogP contribution in [0.25, 0.3) is 0 Å². The van der Waals surface area contributed by atoms with E-state index in [0.29, 0.717) is 16.3 Å². The van der Waals surface area contributed by atoms with Gasteiger partial charge in [0, 0.05) is 10.6 Å². The van der Waals surface area contributed by atoms with E-state index in [9.17, 15) is 18.0 Å². The van der Waals surface area contributed by atoms with Gasteiger partial charge in [0.25, 0.3) is 0 Å². The molecule has 98 valence electrons. The number of thioether (sulfide) groups is 1. The van der Waals surface area contributed by atoms with Gasteiger partial charge in [-0.1, -0.05) is 13.8 Å². The van der Waals surface area contributed by atoms with Crippen LogP contribution in [0.15, 0.2) is 23.1 Å². The molecule has 0 spiro atoms. The molecule has 1 aliphatic rings. The maximum atomic E-state index is 12.6. The molecule has 1 N–H and O–H groups in total. The summed E-state index contributed by atoms with van der Waals surface area (Å²) in [5.74, 6) is 0.279. The van der Waals surface area contributed by atoms with Crippen LogP contribution in [0.3, 0.4) is 0 Å². The Morgan fingerprint density at radius 3 is 2.61 bits per heavy atom. The zero-order valence-electron chi connectivity index (χ0n) is 9.89. The van der Waals surface area contributed by atoms with Gasteiger partial charge in [-0.15, -0.1) is 11.8 Å². The maximum absolute atomic E-state index is 12.6. The topological polar surface area (TPSA) is 29.1 Å². The minimum atomic E-state index is -4.36. The summed E-state index contributed by atoms with van der Waals surface area (Å²) in [5, 5.41) is 2.66. The van der Waals surface area contributed by atoms with Gasteiger partial charge in [-0.25, -0.2) is 0 Å². The minimum absolute atomic E-state index is 0.173. The predicted octanol–water partition coefficient (Wildman–Crippen LogP) is 3.78. The Hall–Kier alpha value is -1.17. The number of hydrogen-bond donors (Lipinski definition) is 1. The van der Waals surface area contributed by atoms with Crippen molar-refractivity contribution in [2.75, 3.05) is 11.1 Å². The van der Waals surface area contributed by atoms with Gasteiger partial charge >= 0.3 is 6.18 Å². The third-order valence-electron chi connectivity index (χ3n) is 2.76. The van der Waals surface area contributed by atoms with E-state index in [-0.39, 0.29) is 5.91 Å². The Bertz CT molecular complexity index is 497. The molecule has 0 radical (unpaired) electrons. The number of rotatable bonds is 0. The Morgan fingerprint density at radius 1 is 1.33 bits per heavy atom. The van der Waals surface area contributed by atoms with E-state index < -0.39 is 17.2 Å². The average Bonchev–Trinajstić information content (AvgIpc) is 2.35. The van der Waals surface area contributed by atoms with E-state index in [0.717, 1.165) is 12.1 Å². The lowest BCUT2D eigenvalue weighted by atomic mass is 9.95. The molecule has 1 aromatic carbocycles. The first-order chi connectivity index (χ1) is 8.20. The number of amides is 1. The van der Waals surface area contributed by atoms with Crippen LogP contribution in [0.2, 0.25) is 0 Å². The SMILES string of the molecule is CC1(C)CSc2cc(C(F)(F)F)ccc2NC1=O. The lowest BCUT2D eigenvalue weighted by molar-refractivity contribution is -0.137. The van der Waals surface area contributed by atoms with Crippen molar-refractivity contribution in [1.82, 2.24) is 0 Å². The summed E-state index contributed by atoms with van der Waals surface area (Å²) >= 11 is 1.27. The first-order valence-corrected chi connectivity index (χ1v) is 6.34. The molecule has 0 aliphatic carbocycles. The van der Waals surface area contributed by atoms with E-state index in [1.54, 1.807) is 13.8 Å². The quantitative estimate of drug-likeness (QED) is 0.780. The van der Waals surface area contributed by atoms with Crippen molar-refractivity contribution < 1.29 is 18.0 Å². The number of carbonyl (C=O) groups excluding carboxylic acids is 1. The van der Waals surface area contributed by atoms with Gasteiger partial charge in [0.05, 0.1) is 16.7 Å².